The van der Waals surface area contributed by atoms with E-state index in [1.54, 1.807) is 12.1 Å². The van der Waals surface area contributed by atoms with Gasteiger partial charge in [0.2, 0.25) is 0 Å². The predicted octanol–water partition coefficient (Wildman–Crippen LogP) is 2.62. The zero-order valence-corrected chi connectivity index (χ0v) is 12.7. The Bertz CT molecular complexity index is 985. The van der Waals surface area contributed by atoms with Crippen LogP contribution in [0.5, 0.6) is 11.5 Å². The molecule has 1 heterocycles. The second-order valence-electron chi connectivity index (χ2n) is 4.73. The largest absolute Gasteiger partial charge is 0.506 e. The number of primary amides is 1. The zero-order valence-electron chi connectivity index (χ0n) is 11.9. The van der Waals surface area contributed by atoms with Gasteiger partial charge in [0.1, 0.15) is 16.3 Å². The Morgan fingerprint density at radius 3 is 2.75 bits per heavy atom. The Kier molecular flexibility index (Phi) is 3.66. The number of hydrogen-bond donors (Lipinski definition) is 3. The van der Waals surface area contributed by atoms with Crippen molar-refractivity contribution < 1.29 is 19.6 Å². The molecule has 10 heteroatoms. The fourth-order valence-corrected chi connectivity index (χ4v) is 3.16. The predicted molar refractivity (Wildman–Crippen MR) is 88.0 cm³/mol. The maximum Gasteiger partial charge on any atom is 0.410 e. The van der Waals surface area contributed by atoms with E-state index >= 15 is 0 Å². The molecule has 5 N–H and O–H groups in total. The van der Waals surface area contributed by atoms with Gasteiger partial charge in [0.25, 0.3) is 5.69 Å². The summed E-state index contributed by atoms with van der Waals surface area (Å²) in [6.07, 6.45) is -1.11. The third-order valence-electron chi connectivity index (χ3n) is 3.14. The van der Waals surface area contributed by atoms with Gasteiger partial charge in [-0.05, 0) is 12.1 Å². The SMILES string of the molecule is NC(=O)Oc1c(N)cc([N+](=O)[O-])cc1-c1nc2c(O)cccc2s1. The van der Waals surface area contributed by atoms with Gasteiger partial charge in [-0.2, -0.15) is 0 Å². The van der Waals surface area contributed by atoms with E-state index in [1.807, 2.05) is 0 Å². The second-order valence-corrected chi connectivity index (χ2v) is 5.76. The third kappa shape index (κ3) is 2.65. The van der Waals surface area contributed by atoms with Crippen molar-refractivity contribution in [2.75, 3.05) is 5.73 Å². The molecule has 3 aromatic rings. The van der Waals surface area contributed by atoms with Crippen molar-refractivity contribution in [3.63, 3.8) is 0 Å². The first-order valence-corrected chi connectivity index (χ1v) is 7.32. The van der Waals surface area contributed by atoms with Crippen molar-refractivity contribution in [1.82, 2.24) is 4.98 Å². The molecule has 0 saturated heterocycles. The summed E-state index contributed by atoms with van der Waals surface area (Å²) in [7, 11) is 0. The number of thiazole rings is 1. The number of amides is 1. The zero-order chi connectivity index (χ0) is 17.4. The minimum Gasteiger partial charge on any atom is -0.506 e. The fraction of sp³-hybridized carbons (Fsp3) is 0. The van der Waals surface area contributed by atoms with Gasteiger partial charge in [0, 0.05) is 12.1 Å². The number of nitro groups is 1. The number of rotatable bonds is 3. The van der Waals surface area contributed by atoms with Gasteiger partial charge in [-0.25, -0.2) is 9.78 Å². The molecule has 122 valence electrons. The lowest BCUT2D eigenvalue weighted by Gasteiger charge is -2.09. The molecule has 0 aliphatic carbocycles. The van der Waals surface area contributed by atoms with Gasteiger partial charge in [0.15, 0.2) is 5.75 Å². The number of phenols is 1. The number of nitrogen functional groups attached to an aromatic ring is 1. The quantitative estimate of drug-likeness (QED) is 0.374. The van der Waals surface area contributed by atoms with Crippen LogP contribution in [0, 0.1) is 10.1 Å². The first kappa shape index (κ1) is 15.5. The first-order chi connectivity index (χ1) is 11.4. The molecule has 0 aliphatic rings. The average molecular weight is 346 g/mol. The van der Waals surface area contributed by atoms with Crippen LogP contribution in [0.15, 0.2) is 30.3 Å². The summed E-state index contributed by atoms with van der Waals surface area (Å²) in [6.45, 7) is 0. The summed E-state index contributed by atoms with van der Waals surface area (Å²) in [5, 5.41) is 21.2. The number of non-ortho nitro benzene ring substituents is 1. The Hall–Kier alpha value is -3.40. The normalized spacial score (nSPS) is 10.7. The van der Waals surface area contributed by atoms with Crippen LogP contribution in [0.25, 0.3) is 20.8 Å². The maximum atomic E-state index is 11.1. The number of fused-ring (bicyclic) bond motifs is 1. The van der Waals surface area contributed by atoms with E-state index < -0.39 is 11.0 Å². The number of ether oxygens (including phenoxy) is 1. The van der Waals surface area contributed by atoms with E-state index in [0.717, 1.165) is 17.4 Å². The molecule has 24 heavy (non-hydrogen) atoms. The van der Waals surface area contributed by atoms with Crippen LogP contribution in [0.2, 0.25) is 0 Å². The van der Waals surface area contributed by atoms with Gasteiger partial charge in [0.05, 0.1) is 20.9 Å². The Morgan fingerprint density at radius 1 is 1.38 bits per heavy atom. The van der Waals surface area contributed by atoms with Crippen LogP contribution in [-0.2, 0) is 0 Å². The van der Waals surface area contributed by atoms with Crippen LogP contribution >= 0.6 is 11.3 Å². The van der Waals surface area contributed by atoms with Crippen molar-refractivity contribution in [1.29, 1.82) is 0 Å². The second kappa shape index (κ2) is 5.66. The standard InChI is InChI=1S/C14H10N4O5S/c15-8-5-6(18(21)22)4-7(12(8)23-14(16)20)13-17-11-9(19)2-1-3-10(11)24-13/h1-5,19H,15H2,(H2,16,20). The molecule has 3 rings (SSSR count). The number of nitrogens with two attached hydrogens (primary N) is 2. The highest BCUT2D eigenvalue weighted by atomic mass is 32.1. The molecule has 0 unspecified atom stereocenters. The molecule has 9 nitrogen and oxygen atoms in total. The number of para-hydroxylation sites is 1. The lowest BCUT2D eigenvalue weighted by Crippen LogP contribution is -2.17. The molecule has 0 fully saturated rings. The van der Waals surface area contributed by atoms with Crippen LogP contribution in [-0.4, -0.2) is 21.1 Å². The number of anilines is 1. The minimum atomic E-state index is -1.11. The lowest BCUT2D eigenvalue weighted by molar-refractivity contribution is -0.384. The Balaban J connectivity index is 2.28. The molecule has 2 aromatic carbocycles. The van der Waals surface area contributed by atoms with Gasteiger partial charge in [-0.3, -0.25) is 10.1 Å². The summed E-state index contributed by atoms with van der Waals surface area (Å²) in [5.74, 6) is -0.155. The van der Waals surface area contributed by atoms with E-state index in [2.05, 4.69) is 4.98 Å². The Morgan fingerprint density at radius 2 is 2.12 bits per heavy atom. The van der Waals surface area contributed by atoms with Gasteiger partial charge >= 0.3 is 6.09 Å². The highest BCUT2D eigenvalue weighted by Crippen LogP contribution is 2.42. The van der Waals surface area contributed by atoms with Crippen molar-refractivity contribution in [3.05, 3.63) is 40.4 Å². The molecule has 0 saturated carbocycles. The van der Waals surface area contributed by atoms with Gasteiger partial charge in [-0.15, -0.1) is 11.3 Å². The van der Waals surface area contributed by atoms with Crippen LogP contribution in [0.1, 0.15) is 0 Å². The number of carbonyl (C=O) groups is 1. The van der Waals surface area contributed by atoms with Crippen LogP contribution in [0.3, 0.4) is 0 Å². The number of carbonyl (C=O) groups excluding carboxylic acids is 1. The highest BCUT2D eigenvalue weighted by Gasteiger charge is 2.22. The number of aromatic hydroxyl groups is 1. The summed E-state index contributed by atoms with van der Waals surface area (Å²) in [6, 6.07) is 7.08. The topological polar surface area (TPSA) is 155 Å². The molecule has 1 amide bonds. The molecule has 0 spiro atoms. The molecule has 0 aliphatic heterocycles. The van der Waals surface area contributed by atoms with E-state index in [0.29, 0.717) is 10.2 Å². The lowest BCUT2D eigenvalue weighted by atomic mass is 10.1. The van der Waals surface area contributed by atoms with Crippen molar-refractivity contribution in [2.24, 2.45) is 5.73 Å². The number of nitro benzene ring substituents is 1. The van der Waals surface area contributed by atoms with Gasteiger partial charge < -0.3 is 21.3 Å². The van der Waals surface area contributed by atoms with Crippen LogP contribution < -0.4 is 16.2 Å². The third-order valence-corrected chi connectivity index (χ3v) is 4.20. The molecule has 0 radical (unpaired) electrons. The monoisotopic (exact) mass is 346 g/mol. The summed E-state index contributed by atoms with van der Waals surface area (Å²) < 4.78 is 5.54. The van der Waals surface area contributed by atoms with E-state index in [1.165, 1.54) is 12.1 Å². The number of nitrogens with zero attached hydrogens (tertiary/aromatic N) is 2. The highest BCUT2D eigenvalue weighted by molar-refractivity contribution is 7.21. The van der Waals surface area contributed by atoms with Crippen molar-refractivity contribution in [3.8, 4) is 22.1 Å². The van der Waals surface area contributed by atoms with E-state index in [4.69, 9.17) is 16.2 Å². The Labute approximate surface area is 138 Å². The van der Waals surface area contributed by atoms with E-state index in [9.17, 15) is 20.0 Å². The smallest absolute Gasteiger partial charge is 0.410 e. The molecular formula is C14H10N4O5S. The molecular weight excluding hydrogens is 336 g/mol. The molecule has 0 bridgehead atoms. The summed E-state index contributed by atoms with van der Waals surface area (Å²) in [5.41, 5.74) is 10.8. The number of benzene rings is 2. The maximum absolute atomic E-state index is 11.1. The molecule has 1 aromatic heterocycles. The van der Waals surface area contributed by atoms with Crippen molar-refractivity contribution >= 4 is 39.0 Å². The first-order valence-electron chi connectivity index (χ1n) is 6.51. The van der Waals surface area contributed by atoms with E-state index in [-0.39, 0.29) is 33.4 Å². The fourth-order valence-electron chi connectivity index (χ4n) is 2.16. The minimum absolute atomic E-state index is 0.0363. The average Bonchev–Trinajstić information content (AvgIpc) is 2.94. The number of hydrogen-bond acceptors (Lipinski definition) is 8. The number of phenolic OH excluding ortho intramolecular Hbond substituents is 1. The van der Waals surface area contributed by atoms with Crippen LogP contribution in [0.4, 0.5) is 16.2 Å². The summed E-state index contributed by atoms with van der Waals surface area (Å²) in [4.78, 5) is 25.8. The number of aromatic nitrogens is 1. The van der Waals surface area contributed by atoms with Crippen molar-refractivity contribution in [2.45, 2.75) is 0 Å². The van der Waals surface area contributed by atoms with Gasteiger partial charge in [-0.1, -0.05) is 6.07 Å². The summed E-state index contributed by atoms with van der Waals surface area (Å²) >= 11 is 1.15. The molecule has 0 atom stereocenters.